The predicted molar refractivity (Wildman–Crippen MR) is 97.5 cm³/mol. The highest BCUT2D eigenvalue weighted by atomic mass is 32.2. The molecular weight excluding hydrogens is 354 g/mol. The lowest BCUT2D eigenvalue weighted by molar-refractivity contribution is -0.145. The summed E-state index contributed by atoms with van der Waals surface area (Å²) in [6.07, 6.45) is 3.87. The Balaban J connectivity index is 2.24. The van der Waals surface area contributed by atoms with Crippen molar-refractivity contribution in [1.82, 2.24) is 4.90 Å². The summed E-state index contributed by atoms with van der Waals surface area (Å²) in [7, 11) is 0. The number of aliphatic carboxylic acids is 1. The van der Waals surface area contributed by atoms with E-state index in [4.69, 9.17) is 12.2 Å². The van der Waals surface area contributed by atoms with Gasteiger partial charge in [0.05, 0.1) is 4.91 Å². The normalized spacial score (nSPS) is 17.8. The summed E-state index contributed by atoms with van der Waals surface area (Å²) in [4.78, 5) is 25.6. The lowest BCUT2D eigenvalue weighted by Gasteiger charge is -2.22. The molecule has 1 aliphatic heterocycles. The number of amides is 1. The number of thioether (sulfide) groups is 2. The molecule has 0 radical (unpaired) electrons. The Bertz CT molecular complexity index is 657. The second kappa shape index (κ2) is 7.85. The lowest BCUT2D eigenvalue weighted by atomic mass is 10.1. The molecule has 2 rings (SSSR count). The van der Waals surface area contributed by atoms with E-state index in [1.54, 1.807) is 18.2 Å². The molecule has 5 nitrogen and oxygen atoms in total. The van der Waals surface area contributed by atoms with Crippen molar-refractivity contribution in [2.75, 3.05) is 12.0 Å². The molecule has 0 saturated carbocycles. The summed E-state index contributed by atoms with van der Waals surface area (Å²) in [5.41, 5.74) is 0.735. The summed E-state index contributed by atoms with van der Waals surface area (Å²) in [5, 5.41) is 18.7. The van der Waals surface area contributed by atoms with Crippen LogP contribution in [0.25, 0.3) is 6.08 Å². The lowest BCUT2D eigenvalue weighted by Crippen LogP contribution is -2.44. The Hall–Kier alpha value is -1.51. The zero-order valence-corrected chi connectivity index (χ0v) is 14.7. The van der Waals surface area contributed by atoms with Crippen molar-refractivity contribution in [3.8, 4) is 5.75 Å². The van der Waals surface area contributed by atoms with Gasteiger partial charge in [-0.05, 0) is 42.2 Å². The average molecular weight is 369 g/mol. The molecule has 1 fully saturated rings. The Labute approximate surface area is 147 Å². The van der Waals surface area contributed by atoms with E-state index in [2.05, 4.69) is 0 Å². The molecule has 0 aromatic heterocycles. The molecule has 1 aromatic rings. The van der Waals surface area contributed by atoms with Crippen molar-refractivity contribution in [3.63, 3.8) is 0 Å². The van der Waals surface area contributed by atoms with Gasteiger partial charge in [-0.3, -0.25) is 9.69 Å². The zero-order chi connectivity index (χ0) is 17.0. The Kier molecular flexibility index (Phi) is 6.09. The van der Waals surface area contributed by atoms with Crippen LogP contribution in [0.1, 0.15) is 12.0 Å². The number of carbonyl (C=O) groups is 2. The summed E-state index contributed by atoms with van der Waals surface area (Å²) in [6, 6.07) is 5.44. The molecule has 1 saturated heterocycles. The van der Waals surface area contributed by atoms with Crippen molar-refractivity contribution in [2.45, 2.75) is 12.5 Å². The molecule has 1 amide bonds. The van der Waals surface area contributed by atoms with Crippen molar-refractivity contribution >= 4 is 58.0 Å². The summed E-state index contributed by atoms with van der Waals surface area (Å²) in [6.45, 7) is 0. The topological polar surface area (TPSA) is 77.8 Å². The number of carboxylic acid groups (broad SMARTS) is 1. The van der Waals surface area contributed by atoms with Gasteiger partial charge in [-0.15, -0.1) is 0 Å². The SMILES string of the molecule is CSCCC(C(=O)O)N1C(=O)/C(=C/c2ccc(O)cc2)SC1=S. The maximum absolute atomic E-state index is 12.5. The standard InChI is InChI=1S/C15H15NO4S3/c1-22-7-6-11(14(19)20)16-13(18)12(23-15(16)21)8-9-2-4-10(17)5-3-9/h2-5,8,11,17H,6-7H2,1H3,(H,19,20)/b12-8-. The molecule has 1 unspecified atom stereocenters. The van der Waals surface area contributed by atoms with E-state index in [9.17, 15) is 19.8 Å². The summed E-state index contributed by atoms with van der Waals surface area (Å²) < 4.78 is 0.258. The molecule has 0 bridgehead atoms. The fraction of sp³-hybridized carbons (Fsp3) is 0.267. The predicted octanol–water partition coefficient (Wildman–Crippen LogP) is 2.80. The average Bonchev–Trinajstić information content (AvgIpc) is 2.77. The van der Waals surface area contributed by atoms with Crippen LogP contribution < -0.4 is 0 Å². The first-order chi connectivity index (χ1) is 10.9. The Morgan fingerprint density at radius 1 is 1.43 bits per heavy atom. The van der Waals surface area contributed by atoms with E-state index in [0.717, 1.165) is 17.3 Å². The van der Waals surface area contributed by atoms with Gasteiger partial charge >= 0.3 is 5.97 Å². The number of hydrogen-bond acceptors (Lipinski definition) is 6. The Morgan fingerprint density at radius 2 is 2.09 bits per heavy atom. The molecular formula is C15H15NO4S3. The second-order valence-corrected chi connectivity index (χ2v) is 7.44. The molecule has 1 aliphatic rings. The van der Waals surface area contributed by atoms with Crippen LogP contribution in [0.3, 0.4) is 0 Å². The molecule has 2 N–H and O–H groups in total. The fourth-order valence-corrected chi connectivity index (χ4v) is 3.88. The number of phenolic OH excluding ortho intramolecular Hbond substituents is 1. The van der Waals surface area contributed by atoms with E-state index < -0.39 is 12.0 Å². The number of carbonyl (C=O) groups excluding carboxylic acids is 1. The van der Waals surface area contributed by atoms with Crippen LogP contribution in [0.2, 0.25) is 0 Å². The van der Waals surface area contributed by atoms with Gasteiger partial charge in [-0.25, -0.2) is 4.79 Å². The first kappa shape index (κ1) is 17.8. The van der Waals surface area contributed by atoms with Gasteiger partial charge in [0, 0.05) is 0 Å². The number of phenols is 1. The molecule has 1 heterocycles. The van der Waals surface area contributed by atoms with Gasteiger partial charge in [-0.2, -0.15) is 11.8 Å². The number of benzene rings is 1. The van der Waals surface area contributed by atoms with E-state index >= 15 is 0 Å². The highest BCUT2D eigenvalue weighted by molar-refractivity contribution is 8.26. The maximum Gasteiger partial charge on any atom is 0.326 e. The van der Waals surface area contributed by atoms with Gasteiger partial charge in [0.25, 0.3) is 5.91 Å². The molecule has 8 heteroatoms. The van der Waals surface area contributed by atoms with Crippen LogP contribution in [-0.2, 0) is 9.59 Å². The highest BCUT2D eigenvalue weighted by Crippen LogP contribution is 2.35. The van der Waals surface area contributed by atoms with Crippen molar-refractivity contribution in [3.05, 3.63) is 34.7 Å². The van der Waals surface area contributed by atoms with Crippen LogP contribution >= 0.6 is 35.7 Å². The molecule has 0 aliphatic carbocycles. The van der Waals surface area contributed by atoms with Crippen LogP contribution in [0, 0.1) is 0 Å². The molecule has 23 heavy (non-hydrogen) atoms. The second-order valence-electron chi connectivity index (χ2n) is 4.78. The zero-order valence-electron chi connectivity index (χ0n) is 12.3. The van der Waals surface area contributed by atoms with E-state index in [0.29, 0.717) is 17.1 Å². The third-order valence-corrected chi connectivity index (χ3v) is 5.18. The minimum atomic E-state index is -1.05. The molecule has 0 spiro atoms. The first-order valence-electron chi connectivity index (χ1n) is 6.72. The van der Waals surface area contributed by atoms with Gasteiger partial charge in [0.2, 0.25) is 0 Å². The van der Waals surface area contributed by atoms with Crippen LogP contribution in [-0.4, -0.2) is 49.4 Å². The third kappa shape index (κ3) is 4.27. The van der Waals surface area contributed by atoms with Crippen molar-refractivity contribution in [1.29, 1.82) is 0 Å². The van der Waals surface area contributed by atoms with Gasteiger partial charge in [0.15, 0.2) is 0 Å². The fourth-order valence-electron chi connectivity index (χ4n) is 2.06. The number of carboxylic acids is 1. The van der Waals surface area contributed by atoms with Gasteiger partial charge in [0.1, 0.15) is 16.1 Å². The van der Waals surface area contributed by atoms with Crippen molar-refractivity contribution in [2.24, 2.45) is 0 Å². The maximum atomic E-state index is 12.5. The Morgan fingerprint density at radius 3 is 2.65 bits per heavy atom. The summed E-state index contributed by atoms with van der Waals surface area (Å²) >= 11 is 7.81. The molecule has 1 aromatic carbocycles. The van der Waals surface area contributed by atoms with E-state index in [-0.39, 0.29) is 16.0 Å². The first-order valence-corrected chi connectivity index (χ1v) is 9.33. The largest absolute Gasteiger partial charge is 0.508 e. The van der Waals surface area contributed by atoms with Crippen LogP contribution in [0.15, 0.2) is 29.2 Å². The number of aromatic hydroxyl groups is 1. The number of hydrogen-bond donors (Lipinski definition) is 2. The van der Waals surface area contributed by atoms with Crippen LogP contribution in [0.4, 0.5) is 0 Å². The smallest absolute Gasteiger partial charge is 0.326 e. The quantitative estimate of drug-likeness (QED) is 0.590. The monoisotopic (exact) mass is 369 g/mol. The number of nitrogens with zero attached hydrogens (tertiary/aromatic N) is 1. The van der Waals surface area contributed by atoms with Gasteiger partial charge in [-0.1, -0.05) is 36.1 Å². The van der Waals surface area contributed by atoms with Gasteiger partial charge < -0.3 is 10.2 Å². The minimum absolute atomic E-state index is 0.137. The van der Waals surface area contributed by atoms with Crippen molar-refractivity contribution < 1.29 is 19.8 Å². The van der Waals surface area contributed by atoms with E-state index in [1.807, 2.05) is 6.26 Å². The number of rotatable bonds is 6. The minimum Gasteiger partial charge on any atom is -0.508 e. The molecule has 122 valence electrons. The summed E-state index contributed by atoms with van der Waals surface area (Å²) in [5.74, 6) is -0.675. The third-order valence-electron chi connectivity index (χ3n) is 3.21. The van der Waals surface area contributed by atoms with Crippen LogP contribution in [0.5, 0.6) is 5.75 Å². The van der Waals surface area contributed by atoms with E-state index in [1.165, 1.54) is 28.8 Å². The molecule has 1 atom stereocenters. The number of thiocarbonyl (C=S) groups is 1. The highest BCUT2D eigenvalue weighted by Gasteiger charge is 2.40.